The fourth-order valence-electron chi connectivity index (χ4n) is 3.06. The fourth-order valence-corrected chi connectivity index (χ4v) is 3.78. The maximum absolute atomic E-state index is 12.6. The first-order valence-electron chi connectivity index (χ1n) is 9.00. The largest absolute Gasteiger partial charge is 0.496 e. The van der Waals surface area contributed by atoms with Gasteiger partial charge in [0.2, 0.25) is 11.8 Å². The summed E-state index contributed by atoms with van der Waals surface area (Å²) in [6, 6.07) is 11.3. The molecule has 2 N–H and O–H groups in total. The van der Waals surface area contributed by atoms with Crippen molar-refractivity contribution in [2.24, 2.45) is 5.92 Å². The maximum atomic E-state index is 12.6. The molecule has 7 heteroatoms. The Morgan fingerprint density at radius 2 is 1.82 bits per heavy atom. The number of methoxy groups -OCH3 is 1. The van der Waals surface area contributed by atoms with Crippen LogP contribution in [0, 0.1) is 5.92 Å². The number of rotatable bonds is 6. The van der Waals surface area contributed by atoms with E-state index in [0.29, 0.717) is 5.13 Å². The van der Waals surface area contributed by atoms with Gasteiger partial charge in [0.15, 0.2) is 5.13 Å². The molecule has 6 nitrogen and oxygen atoms in total. The summed E-state index contributed by atoms with van der Waals surface area (Å²) in [5.74, 6) is 0.260. The summed E-state index contributed by atoms with van der Waals surface area (Å²) in [7, 11) is 1.65. The molecule has 0 aliphatic rings. The standard InChI is InChI=1S/C21H23N3O3S/c1-12(2)19(22-13(3)25)20(26)24-21-23-17(11-28-21)15-9-10-18(27-4)16-8-6-5-7-14(15)16/h5-12,19H,1-4H3,(H,22,25)(H,23,24,26)/t19-/m0/s1. The van der Waals surface area contributed by atoms with E-state index >= 15 is 0 Å². The van der Waals surface area contributed by atoms with Gasteiger partial charge in [-0.15, -0.1) is 11.3 Å². The summed E-state index contributed by atoms with van der Waals surface area (Å²) in [5.41, 5.74) is 1.75. The number of carbonyl (C=O) groups excluding carboxylic acids is 2. The van der Waals surface area contributed by atoms with E-state index in [4.69, 9.17) is 4.74 Å². The lowest BCUT2D eigenvalue weighted by molar-refractivity contribution is -0.126. The van der Waals surface area contributed by atoms with Crippen LogP contribution in [0.2, 0.25) is 0 Å². The third-order valence-electron chi connectivity index (χ3n) is 4.42. The van der Waals surface area contributed by atoms with Crippen molar-refractivity contribution in [2.75, 3.05) is 12.4 Å². The van der Waals surface area contributed by atoms with E-state index in [2.05, 4.69) is 15.6 Å². The highest BCUT2D eigenvalue weighted by Crippen LogP contribution is 2.35. The van der Waals surface area contributed by atoms with Gasteiger partial charge in [0.05, 0.1) is 12.8 Å². The van der Waals surface area contributed by atoms with Crippen LogP contribution >= 0.6 is 11.3 Å². The smallest absolute Gasteiger partial charge is 0.248 e. The van der Waals surface area contributed by atoms with E-state index in [1.165, 1.54) is 18.3 Å². The molecular weight excluding hydrogens is 374 g/mol. The van der Waals surface area contributed by atoms with E-state index in [-0.39, 0.29) is 17.7 Å². The molecule has 3 rings (SSSR count). The second kappa shape index (κ2) is 8.39. The molecule has 1 atom stereocenters. The number of fused-ring (bicyclic) bond motifs is 1. The molecule has 0 saturated heterocycles. The van der Waals surface area contributed by atoms with Gasteiger partial charge in [0, 0.05) is 23.3 Å². The number of amides is 2. The van der Waals surface area contributed by atoms with Crippen molar-refractivity contribution >= 4 is 39.1 Å². The van der Waals surface area contributed by atoms with Crippen LogP contribution in [0.5, 0.6) is 5.75 Å². The molecule has 0 radical (unpaired) electrons. The molecule has 28 heavy (non-hydrogen) atoms. The van der Waals surface area contributed by atoms with E-state index in [0.717, 1.165) is 27.8 Å². The van der Waals surface area contributed by atoms with Crippen LogP contribution in [0.25, 0.3) is 22.0 Å². The van der Waals surface area contributed by atoms with Crippen LogP contribution in [0.1, 0.15) is 20.8 Å². The Bertz CT molecular complexity index is 1010. The van der Waals surface area contributed by atoms with Gasteiger partial charge in [0.1, 0.15) is 11.8 Å². The molecule has 2 amide bonds. The lowest BCUT2D eigenvalue weighted by Crippen LogP contribution is -2.46. The van der Waals surface area contributed by atoms with E-state index < -0.39 is 6.04 Å². The molecule has 0 unspecified atom stereocenters. The number of anilines is 1. The SMILES string of the molecule is COc1ccc(-c2csc(NC(=O)[C@@H](NC(C)=O)C(C)C)n2)c2ccccc12. The predicted molar refractivity (Wildman–Crippen MR) is 113 cm³/mol. The zero-order valence-corrected chi connectivity index (χ0v) is 17.1. The van der Waals surface area contributed by atoms with Gasteiger partial charge < -0.3 is 15.4 Å². The normalized spacial score (nSPS) is 12.0. The second-order valence-corrected chi connectivity index (χ2v) is 7.67. The maximum Gasteiger partial charge on any atom is 0.248 e. The van der Waals surface area contributed by atoms with Crippen molar-refractivity contribution in [2.45, 2.75) is 26.8 Å². The molecule has 1 heterocycles. The monoisotopic (exact) mass is 397 g/mol. The van der Waals surface area contributed by atoms with Gasteiger partial charge in [-0.25, -0.2) is 4.98 Å². The van der Waals surface area contributed by atoms with Crippen LogP contribution in [0.15, 0.2) is 41.8 Å². The number of benzene rings is 2. The zero-order valence-electron chi connectivity index (χ0n) is 16.3. The third-order valence-corrected chi connectivity index (χ3v) is 5.18. The summed E-state index contributed by atoms with van der Waals surface area (Å²) in [6.07, 6.45) is 0. The molecule has 0 aliphatic heterocycles. The van der Waals surface area contributed by atoms with Gasteiger partial charge in [-0.1, -0.05) is 38.1 Å². The highest BCUT2D eigenvalue weighted by Gasteiger charge is 2.24. The average Bonchev–Trinajstić information content (AvgIpc) is 3.12. The number of nitrogens with one attached hydrogen (secondary N) is 2. The summed E-state index contributed by atoms with van der Waals surface area (Å²) < 4.78 is 5.45. The van der Waals surface area contributed by atoms with Gasteiger partial charge in [-0.05, 0) is 23.4 Å². The molecule has 146 valence electrons. The molecule has 1 aromatic heterocycles. The van der Waals surface area contributed by atoms with Crippen molar-refractivity contribution in [3.05, 3.63) is 41.8 Å². The number of carbonyl (C=O) groups is 2. The molecule has 0 aliphatic carbocycles. The predicted octanol–water partition coefficient (Wildman–Crippen LogP) is 4.07. The first-order valence-corrected chi connectivity index (χ1v) is 9.88. The minimum absolute atomic E-state index is 0.0335. The van der Waals surface area contributed by atoms with Gasteiger partial charge >= 0.3 is 0 Å². The van der Waals surface area contributed by atoms with E-state index in [9.17, 15) is 9.59 Å². The summed E-state index contributed by atoms with van der Waals surface area (Å²) in [6.45, 7) is 5.17. The van der Waals surface area contributed by atoms with Crippen LogP contribution in [-0.2, 0) is 9.59 Å². The Hall–Kier alpha value is -2.93. The quantitative estimate of drug-likeness (QED) is 0.657. The molecule has 0 saturated carbocycles. The van der Waals surface area contributed by atoms with Crippen molar-refractivity contribution in [1.82, 2.24) is 10.3 Å². The van der Waals surface area contributed by atoms with Crippen molar-refractivity contribution in [3.8, 4) is 17.0 Å². The van der Waals surface area contributed by atoms with Crippen LogP contribution < -0.4 is 15.4 Å². The Labute approximate surface area is 167 Å². The van der Waals surface area contributed by atoms with Crippen molar-refractivity contribution < 1.29 is 14.3 Å². The minimum Gasteiger partial charge on any atom is -0.496 e. The summed E-state index contributed by atoms with van der Waals surface area (Å²) in [5, 5.41) is 9.95. The van der Waals surface area contributed by atoms with E-state index in [1.807, 2.05) is 55.6 Å². The second-order valence-electron chi connectivity index (χ2n) is 6.81. The lowest BCUT2D eigenvalue weighted by atomic mass is 10.0. The average molecular weight is 398 g/mol. The first-order chi connectivity index (χ1) is 13.4. The number of ether oxygens (including phenoxy) is 1. The molecule has 0 bridgehead atoms. The Kier molecular flexibility index (Phi) is 5.94. The van der Waals surface area contributed by atoms with Crippen LogP contribution in [-0.4, -0.2) is 29.9 Å². The minimum atomic E-state index is -0.605. The van der Waals surface area contributed by atoms with Crippen LogP contribution in [0.3, 0.4) is 0 Å². The number of hydrogen-bond donors (Lipinski definition) is 2. The first kappa shape index (κ1) is 19.8. The van der Waals surface area contributed by atoms with E-state index in [1.54, 1.807) is 7.11 Å². The molecule has 2 aromatic carbocycles. The summed E-state index contributed by atoms with van der Waals surface area (Å²) in [4.78, 5) is 28.5. The fraction of sp³-hybridized carbons (Fsp3) is 0.286. The number of nitrogens with zero attached hydrogens (tertiary/aromatic N) is 1. The number of thiazole rings is 1. The van der Waals surface area contributed by atoms with Gasteiger partial charge in [-0.3, -0.25) is 9.59 Å². The Balaban J connectivity index is 1.88. The number of aromatic nitrogens is 1. The highest BCUT2D eigenvalue weighted by atomic mass is 32.1. The van der Waals surface area contributed by atoms with Crippen LogP contribution in [0.4, 0.5) is 5.13 Å². The molecule has 0 fully saturated rings. The van der Waals surface area contributed by atoms with Gasteiger partial charge in [-0.2, -0.15) is 0 Å². The summed E-state index contributed by atoms with van der Waals surface area (Å²) >= 11 is 1.35. The molecular formula is C21H23N3O3S. The van der Waals surface area contributed by atoms with Crippen molar-refractivity contribution in [3.63, 3.8) is 0 Å². The lowest BCUT2D eigenvalue weighted by Gasteiger charge is -2.20. The van der Waals surface area contributed by atoms with Crippen molar-refractivity contribution in [1.29, 1.82) is 0 Å². The Morgan fingerprint density at radius 3 is 2.46 bits per heavy atom. The zero-order chi connectivity index (χ0) is 20.3. The molecule has 0 spiro atoms. The third kappa shape index (κ3) is 4.14. The van der Waals surface area contributed by atoms with Gasteiger partial charge in [0.25, 0.3) is 0 Å². The number of hydrogen-bond acceptors (Lipinski definition) is 5. The molecule has 3 aromatic rings. The Morgan fingerprint density at radius 1 is 1.11 bits per heavy atom. The topological polar surface area (TPSA) is 80.3 Å². The highest BCUT2D eigenvalue weighted by molar-refractivity contribution is 7.14.